The number of benzene rings is 1. The predicted octanol–water partition coefficient (Wildman–Crippen LogP) is 2.04. The molecule has 1 rings (SSSR count). The van der Waals surface area contributed by atoms with Crippen LogP contribution in [0.4, 0.5) is 10.1 Å². The summed E-state index contributed by atoms with van der Waals surface area (Å²) in [6.07, 6.45) is -0.164. The van der Waals surface area contributed by atoms with Crippen molar-refractivity contribution in [3.63, 3.8) is 0 Å². The largest absolute Gasteiger partial charge is 0.465 e. The van der Waals surface area contributed by atoms with Crippen molar-refractivity contribution in [1.29, 1.82) is 0 Å². The summed E-state index contributed by atoms with van der Waals surface area (Å²) in [4.78, 5) is 20.9. The number of ether oxygens (including phenoxy) is 1. The average molecular weight is 251 g/mol. The third-order valence-electron chi connectivity index (χ3n) is 1.92. The highest BCUT2D eigenvalue weighted by molar-refractivity contribution is 5.72. The molecule has 0 aliphatic carbocycles. The number of carbonyl (C=O) groups is 1. The van der Waals surface area contributed by atoms with Gasteiger partial charge in [-0.2, -0.15) is 0 Å². The summed E-state index contributed by atoms with van der Waals surface area (Å²) in [5.74, 6) is 3.69. The van der Waals surface area contributed by atoms with Crippen LogP contribution in [0.5, 0.6) is 0 Å². The van der Waals surface area contributed by atoms with Crippen molar-refractivity contribution in [2.45, 2.75) is 13.3 Å². The summed E-state index contributed by atoms with van der Waals surface area (Å²) < 4.78 is 17.5. The normalized spacial score (nSPS) is 9.22. The van der Waals surface area contributed by atoms with Crippen LogP contribution in [0.1, 0.15) is 18.9 Å². The van der Waals surface area contributed by atoms with Crippen molar-refractivity contribution in [2.24, 2.45) is 0 Å². The number of hydrogen-bond acceptors (Lipinski definition) is 4. The van der Waals surface area contributed by atoms with Crippen LogP contribution in [0, 0.1) is 27.8 Å². The number of esters is 1. The lowest BCUT2D eigenvalue weighted by Gasteiger charge is -1.96. The Morgan fingerprint density at radius 3 is 2.89 bits per heavy atom. The van der Waals surface area contributed by atoms with Gasteiger partial charge in [-0.3, -0.25) is 14.9 Å². The van der Waals surface area contributed by atoms with Crippen LogP contribution in [0.15, 0.2) is 18.2 Å². The van der Waals surface area contributed by atoms with Crippen LogP contribution in [0.3, 0.4) is 0 Å². The highest BCUT2D eigenvalue weighted by Crippen LogP contribution is 2.18. The Bertz CT molecular complexity index is 531. The lowest BCUT2D eigenvalue weighted by atomic mass is 10.2. The van der Waals surface area contributed by atoms with E-state index in [-0.39, 0.29) is 18.6 Å². The van der Waals surface area contributed by atoms with Crippen molar-refractivity contribution in [3.05, 3.63) is 39.7 Å². The molecule has 1 aromatic carbocycles. The van der Waals surface area contributed by atoms with Gasteiger partial charge in [0, 0.05) is 0 Å². The minimum absolute atomic E-state index is 0.0608. The zero-order valence-electron chi connectivity index (χ0n) is 9.60. The second-order valence-electron chi connectivity index (χ2n) is 3.20. The minimum Gasteiger partial charge on any atom is -0.465 e. The summed E-state index contributed by atoms with van der Waals surface area (Å²) in [5, 5.41) is 10.7. The molecule has 0 atom stereocenters. The zero-order chi connectivity index (χ0) is 13.5. The summed E-state index contributed by atoms with van der Waals surface area (Å²) in [6, 6.07) is 3.06. The summed E-state index contributed by atoms with van der Waals surface area (Å²) >= 11 is 0. The van der Waals surface area contributed by atoms with Gasteiger partial charge in [0.25, 0.3) is 5.69 Å². The summed E-state index contributed by atoms with van der Waals surface area (Å²) in [5.41, 5.74) is -0.364. The molecule has 0 amide bonds. The van der Waals surface area contributed by atoms with Gasteiger partial charge in [0.15, 0.2) is 0 Å². The topological polar surface area (TPSA) is 69.4 Å². The molecule has 1 aromatic rings. The van der Waals surface area contributed by atoms with Gasteiger partial charge in [-0.1, -0.05) is 11.8 Å². The van der Waals surface area contributed by atoms with Gasteiger partial charge in [0.1, 0.15) is 17.8 Å². The van der Waals surface area contributed by atoms with Gasteiger partial charge in [0.2, 0.25) is 0 Å². The standard InChI is InChI=1S/C12H10FNO4/c1-2-18-12(15)5-3-4-9-6-7-10(13)8-11(9)14(16)17/h6-8H,2,5H2,1H3. The monoisotopic (exact) mass is 251 g/mol. The molecule has 0 saturated heterocycles. The van der Waals surface area contributed by atoms with E-state index in [2.05, 4.69) is 16.6 Å². The molecule has 94 valence electrons. The van der Waals surface area contributed by atoms with E-state index in [1.807, 2.05) is 0 Å². The molecule has 0 aromatic heterocycles. The summed E-state index contributed by atoms with van der Waals surface area (Å²) in [7, 11) is 0. The molecule has 0 fully saturated rings. The van der Waals surface area contributed by atoms with Crippen molar-refractivity contribution in [1.82, 2.24) is 0 Å². The van der Waals surface area contributed by atoms with Crippen molar-refractivity contribution >= 4 is 11.7 Å². The molecule has 6 heteroatoms. The molecule has 0 N–H and O–H groups in total. The van der Waals surface area contributed by atoms with Gasteiger partial charge >= 0.3 is 5.97 Å². The fourth-order valence-electron chi connectivity index (χ4n) is 1.19. The van der Waals surface area contributed by atoms with Crippen LogP contribution < -0.4 is 0 Å². The Labute approximate surface area is 103 Å². The second-order valence-corrected chi connectivity index (χ2v) is 3.20. The van der Waals surface area contributed by atoms with Crippen LogP contribution >= 0.6 is 0 Å². The first-order valence-corrected chi connectivity index (χ1v) is 5.13. The molecular formula is C12H10FNO4. The SMILES string of the molecule is CCOC(=O)CC#Cc1ccc(F)cc1[N+](=O)[O-]. The Balaban J connectivity index is 2.88. The Hall–Kier alpha value is -2.42. The van der Waals surface area contributed by atoms with E-state index < -0.39 is 22.4 Å². The first-order chi connectivity index (χ1) is 8.54. The number of nitro groups is 1. The van der Waals surface area contributed by atoms with Gasteiger partial charge < -0.3 is 4.74 Å². The quantitative estimate of drug-likeness (QED) is 0.357. The zero-order valence-corrected chi connectivity index (χ0v) is 9.60. The van der Waals surface area contributed by atoms with E-state index in [9.17, 15) is 19.3 Å². The predicted molar refractivity (Wildman–Crippen MR) is 61.2 cm³/mol. The van der Waals surface area contributed by atoms with Crippen LogP contribution in [-0.4, -0.2) is 17.5 Å². The fraction of sp³-hybridized carbons (Fsp3) is 0.250. The van der Waals surface area contributed by atoms with Gasteiger partial charge in [-0.15, -0.1) is 0 Å². The molecule has 0 aliphatic rings. The maximum absolute atomic E-state index is 12.8. The van der Waals surface area contributed by atoms with E-state index in [4.69, 9.17) is 0 Å². The van der Waals surface area contributed by atoms with Gasteiger partial charge in [-0.25, -0.2) is 4.39 Å². The first kappa shape index (κ1) is 13.6. The summed E-state index contributed by atoms with van der Waals surface area (Å²) in [6.45, 7) is 1.91. The van der Waals surface area contributed by atoms with E-state index in [1.165, 1.54) is 6.07 Å². The molecular weight excluding hydrogens is 241 g/mol. The number of nitrogens with zero attached hydrogens (tertiary/aromatic N) is 1. The average Bonchev–Trinajstić information content (AvgIpc) is 2.31. The fourth-order valence-corrected chi connectivity index (χ4v) is 1.19. The molecule has 18 heavy (non-hydrogen) atoms. The number of hydrogen-bond donors (Lipinski definition) is 0. The molecule has 0 heterocycles. The van der Waals surface area contributed by atoms with Crippen molar-refractivity contribution in [2.75, 3.05) is 6.61 Å². The van der Waals surface area contributed by atoms with E-state index in [0.717, 1.165) is 12.1 Å². The lowest BCUT2D eigenvalue weighted by Crippen LogP contribution is -2.01. The van der Waals surface area contributed by atoms with Gasteiger partial charge in [0.05, 0.1) is 17.6 Å². The highest BCUT2D eigenvalue weighted by atomic mass is 19.1. The molecule has 0 bridgehead atoms. The Morgan fingerprint density at radius 1 is 1.56 bits per heavy atom. The number of halogens is 1. The Kier molecular flexibility index (Phi) is 4.81. The molecule has 5 nitrogen and oxygen atoms in total. The van der Waals surface area contributed by atoms with E-state index in [0.29, 0.717) is 0 Å². The third-order valence-corrected chi connectivity index (χ3v) is 1.92. The smallest absolute Gasteiger partial charge is 0.317 e. The number of carbonyl (C=O) groups excluding carboxylic acids is 1. The lowest BCUT2D eigenvalue weighted by molar-refractivity contribution is -0.385. The molecule has 0 aliphatic heterocycles. The second kappa shape index (κ2) is 6.35. The molecule has 0 unspecified atom stereocenters. The molecule has 0 saturated carbocycles. The van der Waals surface area contributed by atoms with Crippen molar-refractivity contribution in [3.8, 4) is 11.8 Å². The van der Waals surface area contributed by atoms with E-state index >= 15 is 0 Å². The van der Waals surface area contributed by atoms with Crippen molar-refractivity contribution < 1.29 is 18.8 Å². The maximum atomic E-state index is 12.8. The van der Waals surface area contributed by atoms with Crippen LogP contribution in [-0.2, 0) is 9.53 Å². The van der Waals surface area contributed by atoms with Gasteiger partial charge in [-0.05, 0) is 19.1 Å². The number of nitro benzene ring substituents is 1. The Morgan fingerprint density at radius 2 is 2.28 bits per heavy atom. The third kappa shape index (κ3) is 3.87. The minimum atomic E-state index is -0.725. The maximum Gasteiger partial charge on any atom is 0.317 e. The molecule has 0 spiro atoms. The highest BCUT2D eigenvalue weighted by Gasteiger charge is 2.12. The van der Waals surface area contributed by atoms with Crippen LogP contribution in [0.25, 0.3) is 0 Å². The van der Waals surface area contributed by atoms with Crippen LogP contribution in [0.2, 0.25) is 0 Å². The number of rotatable bonds is 3. The molecule has 0 radical (unpaired) electrons. The van der Waals surface area contributed by atoms with E-state index in [1.54, 1.807) is 6.92 Å². The first-order valence-electron chi connectivity index (χ1n) is 5.13.